The van der Waals surface area contributed by atoms with Crippen LogP contribution in [0.25, 0.3) is 0 Å². The maximum Gasteiger partial charge on any atom is 0.270 e. The molecule has 3 aromatic rings. The van der Waals surface area contributed by atoms with Gasteiger partial charge < -0.3 is 14.4 Å². The quantitative estimate of drug-likeness (QED) is 0.214. The smallest absolute Gasteiger partial charge is 0.270 e. The van der Waals surface area contributed by atoms with E-state index in [-0.39, 0.29) is 16.8 Å². The van der Waals surface area contributed by atoms with Crippen LogP contribution in [0.5, 0.6) is 11.5 Å². The number of imide groups is 1. The van der Waals surface area contributed by atoms with Gasteiger partial charge in [-0.2, -0.15) is 0 Å². The van der Waals surface area contributed by atoms with E-state index in [2.05, 4.69) is 0 Å². The third-order valence-corrected chi connectivity index (χ3v) is 6.57. The number of hydrogen-bond donors (Lipinski definition) is 0. The van der Waals surface area contributed by atoms with Crippen molar-refractivity contribution in [2.45, 2.75) is 12.1 Å². The van der Waals surface area contributed by atoms with Crippen LogP contribution in [-0.2, 0) is 4.79 Å². The Morgan fingerprint density at radius 3 is 2.17 bits per heavy atom. The summed E-state index contributed by atoms with van der Waals surface area (Å²) in [6, 6.07) is 13.0. The zero-order chi connectivity index (χ0) is 25.7. The maximum atomic E-state index is 13.6. The molecule has 0 spiro atoms. The van der Waals surface area contributed by atoms with Crippen molar-refractivity contribution in [2.24, 2.45) is 0 Å². The third kappa shape index (κ3) is 3.45. The number of carbonyl (C=O) groups excluding carboxylic acids is 3. The minimum absolute atomic E-state index is 0.000278. The second kappa shape index (κ2) is 8.65. The van der Waals surface area contributed by atoms with Crippen molar-refractivity contribution in [3.63, 3.8) is 0 Å². The lowest BCUT2D eigenvalue weighted by Gasteiger charge is -2.50. The highest BCUT2D eigenvalue weighted by Gasteiger charge is 2.58. The van der Waals surface area contributed by atoms with E-state index in [9.17, 15) is 24.5 Å². The van der Waals surface area contributed by atoms with Crippen molar-refractivity contribution in [1.82, 2.24) is 4.90 Å². The number of nitro groups is 1. The Morgan fingerprint density at radius 2 is 1.53 bits per heavy atom. The maximum absolute atomic E-state index is 13.6. The van der Waals surface area contributed by atoms with E-state index in [0.717, 1.165) is 17.0 Å². The molecule has 10 nitrogen and oxygen atoms in total. The summed E-state index contributed by atoms with van der Waals surface area (Å²) in [5, 5.41) is 11.7. The minimum Gasteiger partial charge on any atom is -0.497 e. The minimum atomic E-state index is -1.21. The Kier molecular flexibility index (Phi) is 5.60. The molecule has 0 radical (unpaired) electrons. The molecular weight excluding hydrogens is 490 g/mol. The number of rotatable bonds is 6. The number of fused-ring (bicyclic) bond motifs is 1. The van der Waals surface area contributed by atoms with Gasteiger partial charge in [-0.05, 0) is 48.5 Å². The summed E-state index contributed by atoms with van der Waals surface area (Å²) in [6.45, 7) is 0. The largest absolute Gasteiger partial charge is 0.497 e. The lowest BCUT2D eigenvalue weighted by molar-refractivity contribution is -0.384. The molecule has 2 heterocycles. The number of non-ortho nitro benzene ring substituents is 1. The summed E-state index contributed by atoms with van der Waals surface area (Å²) >= 11 is 6.03. The molecule has 0 unspecified atom stereocenters. The van der Waals surface area contributed by atoms with Gasteiger partial charge in [-0.1, -0.05) is 11.6 Å². The highest BCUT2D eigenvalue weighted by Crippen LogP contribution is 2.47. The number of halogens is 1. The van der Waals surface area contributed by atoms with E-state index in [1.54, 1.807) is 42.5 Å². The Balaban J connectivity index is 1.63. The van der Waals surface area contributed by atoms with Crippen molar-refractivity contribution >= 4 is 40.7 Å². The van der Waals surface area contributed by atoms with Crippen LogP contribution in [0.15, 0.2) is 60.7 Å². The number of carbonyl (C=O) groups is 3. The number of anilines is 1. The summed E-state index contributed by atoms with van der Waals surface area (Å²) in [4.78, 5) is 53.1. The number of amides is 3. The fourth-order valence-corrected chi connectivity index (χ4v) is 4.73. The number of nitrogens with zero attached hydrogens (tertiary/aromatic N) is 3. The molecule has 3 aromatic carbocycles. The number of hydrogen-bond acceptors (Lipinski definition) is 7. The summed E-state index contributed by atoms with van der Waals surface area (Å²) in [6.07, 6.45) is 0. The first-order chi connectivity index (χ1) is 17.3. The fourth-order valence-electron chi connectivity index (χ4n) is 4.61. The molecule has 0 N–H and O–H groups in total. The topological polar surface area (TPSA) is 119 Å². The molecule has 0 saturated carbocycles. The van der Waals surface area contributed by atoms with Gasteiger partial charge in [0, 0.05) is 28.4 Å². The third-order valence-electron chi connectivity index (χ3n) is 6.32. The second-order valence-electron chi connectivity index (χ2n) is 8.15. The molecule has 1 fully saturated rings. The number of methoxy groups -OCH3 is 2. The van der Waals surface area contributed by atoms with Gasteiger partial charge >= 0.3 is 0 Å². The second-order valence-corrected chi connectivity index (χ2v) is 8.59. The van der Waals surface area contributed by atoms with Crippen LogP contribution in [0.1, 0.15) is 32.3 Å². The highest BCUT2D eigenvalue weighted by atomic mass is 35.5. The van der Waals surface area contributed by atoms with Gasteiger partial charge in [-0.25, -0.2) is 0 Å². The van der Waals surface area contributed by atoms with Crippen LogP contribution in [-0.4, -0.2) is 47.8 Å². The standard InChI is InChI=1S/C25H18ClN3O7/c1-35-16-8-10-20(36-2)19(12-16)21-22(25(32)27(21)14-5-3-13(26)4-6-14)28-23(30)17-9-7-15(29(33)34)11-18(17)24(28)31/h3-12,21-22H,1-2H3/t21-,22+/m0/s1. The fraction of sp³-hybridized carbons (Fsp3) is 0.160. The number of nitro benzene ring substituents is 1. The zero-order valence-corrected chi connectivity index (χ0v) is 19.8. The Labute approximate surface area is 209 Å². The van der Waals surface area contributed by atoms with Crippen LogP contribution in [0.3, 0.4) is 0 Å². The predicted molar refractivity (Wildman–Crippen MR) is 129 cm³/mol. The SMILES string of the molecule is COc1ccc(OC)c([C@H]2[C@@H](N3C(=O)c4ccc([N+](=O)[O-])cc4C3=O)C(=O)N2c2ccc(Cl)cc2)c1. The first-order valence-electron chi connectivity index (χ1n) is 10.7. The Bertz CT molecular complexity index is 1440. The van der Waals surface area contributed by atoms with Crippen LogP contribution in [0.4, 0.5) is 11.4 Å². The van der Waals surface area contributed by atoms with Crippen LogP contribution in [0, 0.1) is 10.1 Å². The summed E-state index contributed by atoms with van der Waals surface area (Å²) in [7, 11) is 2.96. The monoisotopic (exact) mass is 507 g/mol. The lowest BCUT2D eigenvalue weighted by Crippen LogP contribution is -2.67. The Hall–Kier alpha value is -4.44. The van der Waals surface area contributed by atoms with Crippen molar-refractivity contribution < 1.29 is 28.8 Å². The number of benzene rings is 3. The molecule has 0 bridgehead atoms. The van der Waals surface area contributed by atoms with Gasteiger partial charge in [-0.3, -0.25) is 29.4 Å². The molecule has 5 rings (SSSR count). The summed E-state index contributed by atoms with van der Waals surface area (Å²) in [5.74, 6) is -1.08. The van der Waals surface area contributed by atoms with Crippen molar-refractivity contribution in [3.8, 4) is 11.5 Å². The number of β-lactam (4-membered cyclic amide) rings is 1. The van der Waals surface area contributed by atoms with Gasteiger partial charge in [0.2, 0.25) is 0 Å². The molecule has 3 amide bonds. The van der Waals surface area contributed by atoms with Crippen LogP contribution in [0.2, 0.25) is 5.02 Å². The van der Waals surface area contributed by atoms with E-state index in [0.29, 0.717) is 27.8 Å². The van der Waals surface area contributed by atoms with E-state index >= 15 is 0 Å². The van der Waals surface area contributed by atoms with Gasteiger partial charge in [-0.15, -0.1) is 0 Å². The predicted octanol–water partition coefficient (Wildman–Crippen LogP) is 4.02. The summed E-state index contributed by atoms with van der Waals surface area (Å²) < 4.78 is 10.9. The van der Waals surface area contributed by atoms with Gasteiger partial charge in [0.15, 0.2) is 0 Å². The molecule has 11 heteroatoms. The van der Waals surface area contributed by atoms with Gasteiger partial charge in [0.25, 0.3) is 23.4 Å². The molecule has 2 atom stereocenters. The molecule has 1 saturated heterocycles. The van der Waals surface area contributed by atoms with Crippen molar-refractivity contribution in [3.05, 3.63) is 92.5 Å². The number of ether oxygens (including phenoxy) is 2. The van der Waals surface area contributed by atoms with Gasteiger partial charge in [0.1, 0.15) is 17.5 Å². The van der Waals surface area contributed by atoms with Crippen LogP contribution < -0.4 is 14.4 Å². The van der Waals surface area contributed by atoms with E-state index in [4.69, 9.17) is 21.1 Å². The summed E-state index contributed by atoms with van der Waals surface area (Å²) in [5.41, 5.74) is 0.565. The molecule has 182 valence electrons. The first-order valence-corrected chi connectivity index (χ1v) is 11.1. The molecular formula is C25H18ClN3O7. The average molecular weight is 508 g/mol. The van der Waals surface area contributed by atoms with Crippen molar-refractivity contribution in [1.29, 1.82) is 0 Å². The molecule has 2 aliphatic heterocycles. The molecule has 0 aromatic heterocycles. The zero-order valence-electron chi connectivity index (χ0n) is 19.0. The lowest BCUT2D eigenvalue weighted by atomic mass is 9.85. The normalized spacial score (nSPS) is 18.7. The Morgan fingerprint density at radius 1 is 0.833 bits per heavy atom. The molecule has 0 aliphatic carbocycles. The molecule has 2 aliphatic rings. The first kappa shape index (κ1) is 23.3. The van der Waals surface area contributed by atoms with E-state index in [1.165, 1.54) is 25.2 Å². The van der Waals surface area contributed by atoms with E-state index in [1.807, 2.05) is 0 Å². The van der Waals surface area contributed by atoms with Gasteiger partial charge in [0.05, 0.1) is 36.3 Å². The van der Waals surface area contributed by atoms with E-state index < -0.39 is 34.7 Å². The van der Waals surface area contributed by atoms with Crippen molar-refractivity contribution in [2.75, 3.05) is 19.1 Å². The van der Waals surface area contributed by atoms with Crippen LogP contribution >= 0.6 is 11.6 Å². The molecule has 36 heavy (non-hydrogen) atoms. The highest BCUT2D eigenvalue weighted by molar-refractivity contribution is 6.30. The average Bonchev–Trinajstić information content (AvgIpc) is 3.12.